The van der Waals surface area contributed by atoms with Gasteiger partial charge in [0.15, 0.2) is 0 Å². The lowest BCUT2D eigenvalue weighted by atomic mass is 10.0. The molecule has 1 N–H and O–H groups in total. The molecule has 26 heavy (non-hydrogen) atoms. The smallest absolute Gasteiger partial charge is 0.202 e. The van der Waals surface area contributed by atoms with Crippen LogP contribution in [-0.2, 0) is 12.8 Å². The zero-order chi connectivity index (χ0) is 18.4. The first-order chi connectivity index (χ1) is 12.5. The van der Waals surface area contributed by atoms with Crippen LogP contribution in [0, 0.1) is 5.41 Å². The number of nitrogens with one attached hydrogen (secondary N) is 1. The predicted octanol–water partition coefficient (Wildman–Crippen LogP) is 5.75. The van der Waals surface area contributed by atoms with Crippen LogP contribution in [0.1, 0.15) is 11.1 Å². The normalized spacial score (nSPS) is 12.5. The molecule has 3 aromatic rings. The van der Waals surface area contributed by atoms with Crippen LogP contribution in [0.15, 0.2) is 48.5 Å². The summed E-state index contributed by atoms with van der Waals surface area (Å²) in [5.74, 6) is 0.327. The van der Waals surface area contributed by atoms with Gasteiger partial charge in [0.1, 0.15) is 0 Å². The van der Waals surface area contributed by atoms with Gasteiger partial charge in [0.05, 0.1) is 21.4 Å². The molecule has 3 nitrogen and oxygen atoms in total. The molecule has 0 heterocycles. The predicted molar refractivity (Wildman–Crippen MR) is 112 cm³/mol. The molecule has 0 aliphatic heterocycles. The fraction of sp³-hybridized carbons (Fsp3) is 0.190. The minimum atomic E-state index is 0.327. The number of anilines is 2. The average molecular weight is 384 g/mol. The Hall–Kier alpha value is -2.23. The van der Waals surface area contributed by atoms with Crippen molar-refractivity contribution in [3.8, 4) is 0 Å². The molecule has 132 valence electrons. The van der Waals surface area contributed by atoms with E-state index >= 15 is 0 Å². The van der Waals surface area contributed by atoms with Gasteiger partial charge in [0, 0.05) is 19.5 Å². The van der Waals surface area contributed by atoms with Gasteiger partial charge in [-0.3, -0.25) is 5.41 Å². The van der Waals surface area contributed by atoms with E-state index in [0.29, 0.717) is 21.7 Å². The van der Waals surface area contributed by atoms with Crippen molar-refractivity contribution in [3.63, 3.8) is 0 Å². The van der Waals surface area contributed by atoms with E-state index in [9.17, 15) is 0 Å². The lowest BCUT2D eigenvalue weighted by molar-refractivity contribution is 1.02. The maximum Gasteiger partial charge on any atom is 0.202 e. The maximum absolute atomic E-state index is 8.69. The molecule has 0 bridgehead atoms. The van der Waals surface area contributed by atoms with E-state index in [1.54, 1.807) is 11.0 Å². The molecular formula is C21H19Cl2N3. The number of aryl methyl sites for hydroxylation is 2. The van der Waals surface area contributed by atoms with E-state index in [-0.39, 0.29) is 0 Å². The van der Waals surface area contributed by atoms with Crippen LogP contribution < -0.4 is 9.80 Å². The summed E-state index contributed by atoms with van der Waals surface area (Å²) in [6, 6.07) is 16.2. The monoisotopic (exact) mass is 383 g/mol. The van der Waals surface area contributed by atoms with Crippen molar-refractivity contribution < 1.29 is 0 Å². The molecule has 3 aromatic carbocycles. The summed E-state index contributed by atoms with van der Waals surface area (Å²) in [6.07, 6.45) is 2.19. The summed E-state index contributed by atoms with van der Waals surface area (Å²) in [5.41, 5.74) is 4.51. The van der Waals surface area contributed by atoms with Crippen molar-refractivity contribution in [1.82, 2.24) is 0 Å². The number of guanidine groups is 1. The molecule has 0 unspecified atom stereocenters. The molecule has 0 fully saturated rings. The largest absolute Gasteiger partial charge is 0.315 e. The first kappa shape index (κ1) is 17.2. The molecule has 4 rings (SSSR count). The van der Waals surface area contributed by atoms with Crippen LogP contribution in [0.5, 0.6) is 0 Å². The summed E-state index contributed by atoms with van der Waals surface area (Å²) in [6.45, 7) is 0. The van der Waals surface area contributed by atoms with Crippen LogP contribution in [0.2, 0.25) is 10.0 Å². The first-order valence-electron chi connectivity index (χ1n) is 8.52. The van der Waals surface area contributed by atoms with Gasteiger partial charge in [-0.1, -0.05) is 53.5 Å². The highest BCUT2D eigenvalue weighted by Crippen LogP contribution is 2.37. The van der Waals surface area contributed by atoms with Gasteiger partial charge in [0.2, 0.25) is 5.96 Å². The van der Waals surface area contributed by atoms with E-state index in [0.717, 1.165) is 18.5 Å². The molecule has 0 saturated heterocycles. The Labute approximate surface area is 163 Å². The van der Waals surface area contributed by atoms with Crippen molar-refractivity contribution >= 4 is 51.3 Å². The van der Waals surface area contributed by atoms with Crippen molar-refractivity contribution in [3.05, 3.63) is 69.7 Å². The second kappa shape index (κ2) is 6.49. The van der Waals surface area contributed by atoms with Gasteiger partial charge < -0.3 is 9.80 Å². The van der Waals surface area contributed by atoms with E-state index in [4.69, 9.17) is 28.6 Å². The third kappa shape index (κ3) is 2.63. The van der Waals surface area contributed by atoms with Gasteiger partial charge in [-0.25, -0.2) is 0 Å². The zero-order valence-electron chi connectivity index (χ0n) is 14.7. The van der Waals surface area contributed by atoms with Crippen molar-refractivity contribution in [2.24, 2.45) is 0 Å². The number of hydrogen-bond acceptors (Lipinski definition) is 1. The van der Waals surface area contributed by atoms with Gasteiger partial charge in [-0.2, -0.15) is 0 Å². The van der Waals surface area contributed by atoms with Crippen LogP contribution in [-0.4, -0.2) is 20.1 Å². The fourth-order valence-corrected chi connectivity index (χ4v) is 4.15. The minimum absolute atomic E-state index is 0.327. The third-order valence-electron chi connectivity index (χ3n) is 5.14. The van der Waals surface area contributed by atoms with Gasteiger partial charge in [-0.15, -0.1) is 0 Å². The summed E-state index contributed by atoms with van der Waals surface area (Å²) in [4.78, 5) is 3.63. The third-order valence-corrected chi connectivity index (χ3v) is 5.95. The molecule has 0 radical (unpaired) electrons. The van der Waals surface area contributed by atoms with E-state index < -0.39 is 0 Å². The highest BCUT2D eigenvalue weighted by molar-refractivity contribution is 6.44. The summed E-state index contributed by atoms with van der Waals surface area (Å²) in [7, 11) is 3.74. The zero-order valence-corrected chi connectivity index (χ0v) is 16.2. The van der Waals surface area contributed by atoms with Crippen molar-refractivity contribution in [1.29, 1.82) is 5.41 Å². The van der Waals surface area contributed by atoms with E-state index in [1.165, 1.54) is 21.9 Å². The SMILES string of the molecule is CN(C(=N)N(C)c1ccc2c3c(cccc13)CC2)c1cccc(Cl)c1Cl. The van der Waals surface area contributed by atoms with Crippen LogP contribution in [0.4, 0.5) is 11.4 Å². The standard InChI is InChI=1S/C21H19Cl2N3/c1-25(21(24)26(2)18-8-4-7-16(22)20(18)23)17-12-11-14-10-9-13-5-3-6-15(17)19(13)14/h3-8,11-12,24H,9-10H2,1-2H3. The lowest BCUT2D eigenvalue weighted by Crippen LogP contribution is -2.39. The first-order valence-corrected chi connectivity index (χ1v) is 9.28. The van der Waals surface area contributed by atoms with E-state index in [2.05, 4.69) is 30.3 Å². The second-order valence-electron chi connectivity index (χ2n) is 6.60. The topological polar surface area (TPSA) is 30.3 Å². The Morgan fingerprint density at radius 1 is 0.846 bits per heavy atom. The van der Waals surface area contributed by atoms with Gasteiger partial charge in [0.25, 0.3) is 0 Å². The Kier molecular flexibility index (Phi) is 4.29. The Morgan fingerprint density at radius 2 is 1.50 bits per heavy atom. The number of halogens is 2. The summed E-state index contributed by atoms with van der Waals surface area (Å²) < 4.78 is 0. The number of benzene rings is 3. The number of hydrogen-bond donors (Lipinski definition) is 1. The highest BCUT2D eigenvalue weighted by atomic mass is 35.5. The average Bonchev–Trinajstić information content (AvgIpc) is 3.08. The minimum Gasteiger partial charge on any atom is -0.315 e. The van der Waals surface area contributed by atoms with Crippen LogP contribution in [0.25, 0.3) is 10.8 Å². The molecule has 5 heteroatoms. The second-order valence-corrected chi connectivity index (χ2v) is 7.38. The molecule has 0 atom stereocenters. The fourth-order valence-electron chi connectivity index (χ4n) is 3.73. The summed E-state index contributed by atoms with van der Waals surface area (Å²) >= 11 is 12.5. The Morgan fingerprint density at radius 3 is 2.27 bits per heavy atom. The molecular weight excluding hydrogens is 365 g/mol. The lowest BCUT2D eigenvalue weighted by Gasteiger charge is -2.29. The quantitative estimate of drug-likeness (QED) is 0.450. The Balaban J connectivity index is 1.74. The Bertz CT molecular complexity index is 1020. The number of nitrogens with zero attached hydrogens (tertiary/aromatic N) is 2. The maximum atomic E-state index is 8.69. The van der Waals surface area contributed by atoms with Gasteiger partial charge >= 0.3 is 0 Å². The van der Waals surface area contributed by atoms with Crippen molar-refractivity contribution in [2.75, 3.05) is 23.9 Å². The molecule has 0 amide bonds. The molecule has 1 aliphatic carbocycles. The van der Waals surface area contributed by atoms with Crippen LogP contribution in [0.3, 0.4) is 0 Å². The van der Waals surface area contributed by atoms with E-state index in [1.807, 2.05) is 31.1 Å². The van der Waals surface area contributed by atoms with Crippen LogP contribution >= 0.6 is 23.2 Å². The van der Waals surface area contributed by atoms with Crippen molar-refractivity contribution in [2.45, 2.75) is 12.8 Å². The molecule has 1 aliphatic rings. The number of rotatable bonds is 2. The highest BCUT2D eigenvalue weighted by Gasteiger charge is 2.21. The molecule has 0 saturated carbocycles. The summed E-state index contributed by atoms with van der Waals surface area (Å²) in [5, 5.41) is 12.2. The van der Waals surface area contributed by atoms with Gasteiger partial charge in [-0.05, 0) is 47.6 Å². The molecule has 0 aromatic heterocycles. The molecule has 0 spiro atoms.